The number of hydrogen-bond acceptors (Lipinski definition) is 4. The summed E-state index contributed by atoms with van der Waals surface area (Å²) in [7, 11) is 0. The van der Waals surface area contributed by atoms with Crippen LogP contribution in [0.5, 0.6) is 5.75 Å². The fourth-order valence-corrected chi connectivity index (χ4v) is 2.48. The summed E-state index contributed by atoms with van der Waals surface area (Å²) in [6.07, 6.45) is 10.2. The molecule has 0 spiro atoms. The van der Waals surface area contributed by atoms with Crippen molar-refractivity contribution in [2.75, 3.05) is 13.3 Å². The Morgan fingerprint density at radius 3 is 2.12 bits per heavy atom. The van der Waals surface area contributed by atoms with Gasteiger partial charge in [-0.3, -0.25) is 0 Å². The average molecular weight is 337 g/mol. The van der Waals surface area contributed by atoms with E-state index in [1.54, 1.807) is 12.1 Å². The maximum Gasteiger partial charge on any atom is 0.445 e. The van der Waals surface area contributed by atoms with Crippen molar-refractivity contribution < 1.29 is 19.5 Å². The number of aliphatic hydroxyl groups is 1. The molecule has 0 aliphatic carbocycles. The predicted octanol–water partition coefficient (Wildman–Crippen LogP) is 4.90. The van der Waals surface area contributed by atoms with Crippen molar-refractivity contribution in [3.8, 4) is 5.75 Å². The Bertz CT molecular complexity index is 425. The van der Waals surface area contributed by atoms with Gasteiger partial charge in [0.15, 0.2) is 12.5 Å². The average Bonchev–Trinajstić information content (AvgIpc) is 2.60. The van der Waals surface area contributed by atoms with E-state index in [9.17, 15) is 4.79 Å². The lowest BCUT2D eigenvalue weighted by Crippen LogP contribution is -2.35. The van der Waals surface area contributed by atoms with Crippen LogP contribution in [0.2, 0.25) is 0 Å². The zero-order valence-electron chi connectivity index (χ0n) is 14.8. The highest BCUT2D eigenvalue weighted by molar-refractivity contribution is 5.66. The van der Waals surface area contributed by atoms with Crippen molar-refractivity contribution >= 4 is 6.09 Å². The molecule has 1 aromatic carbocycles. The number of para-hydroxylation sites is 1. The number of unbranched alkanes of at least 4 members (excludes halogenated alkanes) is 8. The number of carbonyl (C=O) groups excluding carboxylic acids is 1. The number of ether oxygens (including phenoxy) is 1. The summed E-state index contributed by atoms with van der Waals surface area (Å²) < 4.78 is 4.63. The Labute approximate surface area is 145 Å². The lowest BCUT2D eigenvalue weighted by atomic mass is 10.1. The van der Waals surface area contributed by atoms with Crippen LogP contribution >= 0.6 is 0 Å². The molecular weight excluding hydrogens is 306 g/mol. The number of carbonyl (C=O) groups is 1. The van der Waals surface area contributed by atoms with Crippen molar-refractivity contribution in [1.82, 2.24) is 5.06 Å². The molecule has 0 fully saturated rings. The third kappa shape index (κ3) is 9.40. The topological polar surface area (TPSA) is 59.0 Å². The van der Waals surface area contributed by atoms with E-state index in [-0.39, 0.29) is 0 Å². The minimum atomic E-state index is -0.666. The quantitative estimate of drug-likeness (QED) is 0.316. The monoisotopic (exact) mass is 337 g/mol. The molecule has 1 N–H and O–H groups in total. The predicted molar refractivity (Wildman–Crippen MR) is 94.6 cm³/mol. The standard InChI is InChI=1S/C19H31NO4/c1-2-3-4-5-6-7-8-9-13-16-20(19(22)23-17-21)24-18-14-11-10-12-15-18/h10-12,14-15,21H,2-9,13,16-17H2,1H3. The van der Waals surface area contributed by atoms with Gasteiger partial charge < -0.3 is 14.7 Å². The van der Waals surface area contributed by atoms with Crippen LogP contribution < -0.4 is 4.84 Å². The smallest absolute Gasteiger partial charge is 0.420 e. The number of benzene rings is 1. The van der Waals surface area contributed by atoms with E-state index in [0.29, 0.717) is 12.3 Å². The molecule has 0 atom stereocenters. The normalized spacial score (nSPS) is 10.4. The van der Waals surface area contributed by atoms with Crippen LogP contribution in [0, 0.1) is 0 Å². The highest BCUT2D eigenvalue weighted by atomic mass is 16.7. The van der Waals surface area contributed by atoms with Gasteiger partial charge in [0.05, 0.1) is 6.54 Å². The number of aliphatic hydroxyl groups excluding tert-OH is 1. The number of nitrogens with zero attached hydrogens (tertiary/aromatic N) is 1. The SMILES string of the molecule is CCCCCCCCCCCN(Oc1ccccc1)C(=O)OCO. The molecule has 0 aliphatic heterocycles. The first-order valence-electron chi connectivity index (χ1n) is 9.06. The van der Waals surface area contributed by atoms with E-state index in [4.69, 9.17) is 9.94 Å². The van der Waals surface area contributed by atoms with E-state index in [1.165, 1.54) is 50.0 Å². The zero-order chi connectivity index (χ0) is 17.5. The number of hydroxylamine groups is 2. The second-order valence-electron chi connectivity index (χ2n) is 5.87. The molecular formula is C19H31NO4. The highest BCUT2D eigenvalue weighted by Gasteiger charge is 2.16. The Hall–Kier alpha value is -1.75. The molecule has 5 heteroatoms. The minimum absolute atomic E-state index is 0.448. The van der Waals surface area contributed by atoms with Gasteiger partial charge in [0.1, 0.15) is 0 Å². The van der Waals surface area contributed by atoms with Crippen LogP contribution in [0.25, 0.3) is 0 Å². The summed E-state index contributed by atoms with van der Waals surface area (Å²) in [6.45, 7) is 2.03. The molecule has 0 aliphatic rings. The number of amides is 1. The first-order chi connectivity index (χ1) is 11.8. The van der Waals surface area contributed by atoms with Gasteiger partial charge in [0, 0.05) is 0 Å². The largest absolute Gasteiger partial charge is 0.445 e. The summed E-state index contributed by atoms with van der Waals surface area (Å²) in [4.78, 5) is 17.4. The molecule has 0 heterocycles. The third-order valence-corrected chi connectivity index (χ3v) is 3.82. The van der Waals surface area contributed by atoms with Crippen LogP contribution in [-0.4, -0.2) is 29.6 Å². The molecule has 1 rings (SSSR count). The van der Waals surface area contributed by atoms with Crippen molar-refractivity contribution in [3.63, 3.8) is 0 Å². The minimum Gasteiger partial charge on any atom is -0.420 e. The van der Waals surface area contributed by atoms with Crippen molar-refractivity contribution in [2.24, 2.45) is 0 Å². The molecule has 0 bridgehead atoms. The van der Waals surface area contributed by atoms with E-state index < -0.39 is 12.9 Å². The molecule has 0 unspecified atom stereocenters. The number of hydrogen-bond donors (Lipinski definition) is 1. The van der Waals surface area contributed by atoms with Gasteiger partial charge in [0.25, 0.3) is 0 Å². The summed E-state index contributed by atoms with van der Waals surface area (Å²) in [5.41, 5.74) is 0. The molecule has 0 saturated carbocycles. The second kappa shape index (κ2) is 13.7. The lowest BCUT2D eigenvalue weighted by molar-refractivity contribution is -0.0692. The van der Waals surface area contributed by atoms with Gasteiger partial charge in [0.2, 0.25) is 0 Å². The molecule has 24 heavy (non-hydrogen) atoms. The van der Waals surface area contributed by atoms with Gasteiger partial charge in [-0.2, -0.15) is 0 Å². The maximum atomic E-state index is 11.8. The molecule has 0 aromatic heterocycles. The third-order valence-electron chi connectivity index (χ3n) is 3.82. The Balaban J connectivity index is 2.23. The highest BCUT2D eigenvalue weighted by Crippen LogP contribution is 2.13. The molecule has 1 amide bonds. The molecule has 5 nitrogen and oxygen atoms in total. The maximum absolute atomic E-state index is 11.8. The van der Waals surface area contributed by atoms with Gasteiger partial charge in [-0.15, -0.1) is 5.06 Å². The zero-order valence-corrected chi connectivity index (χ0v) is 14.8. The van der Waals surface area contributed by atoms with E-state index in [0.717, 1.165) is 12.8 Å². The fourth-order valence-electron chi connectivity index (χ4n) is 2.48. The summed E-state index contributed by atoms with van der Waals surface area (Å²) in [5.74, 6) is 0.573. The van der Waals surface area contributed by atoms with Crippen LogP contribution in [0.15, 0.2) is 30.3 Å². The first kappa shape index (κ1) is 20.3. The molecule has 1 aromatic rings. The molecule has 136 valence electrons. The Morgan fingerprint density at radius 1 is 0.958 bits per heavy atom. The lowest BCUT2D eigenvalue weighted by Gasteiger charge is -2.21. The molecule has 0 radical (unpaired) electrons. The summed E-state index contributed by atoms with van der Waals surface area (Å²) in [6, 6.07) is 9.10. The van der Waals surface area contributed by atoms with Crippen molar-refractivity contribution in [2.45, 2.75) is 64.7 Å². The summed E-state index contributed by atoms with van der Waals surface area (Å²) >= 11 is 0. The van der Waals surface area contributed by atoms with E-state index >= 15 is 0 Å². The van der Waals surface area contributed by atoms with Gasteiger partial charge in [-0.05, 0) is 18.6 Å². The van der Waals surface area contributed by atoms with Crippen LogP contribution in [0.1, 0.15) is 64.7 Å². The van der Waals surface area contributed by atoms with Gasteiger partial charge in [-0.25, -0.2) is 4.79 Å². The van der Waals surface area contributed by atoms with Gasteiger partial charge >= 0.3 is 6.09 Å². The van der Waals surface area contributed by atoms with E-state index in [1.807, 2.05) is 18.2 Å². The summed E-state index contributed by atoms with van der Waals surface area (Å²) in [5, 5.41) is 9.93. The van der Waals surface area contributed by atoms with Crippen LogP contribution in [0.3, 0.4) is 0 Å². The van der Waals surface area contributed by atoms with Crippen molar-refractivity contribution in [1.29, 1.82) is 0 Å². The van der Waals surface area contributed by atoms with Crippen LogP contribution in [0.4, 0.5) is 4.79 Å². The van der Waals surface area contributed by atoms with E-state index in [2.05, 4.69) is 11.7 Å². The first-order valence-corrected chi connectivity index (χ1v) is 9.06. The van der Waals surface area contributed by atoms with Crippen molar-refractivity contribution in [3.05, 3.63) is 30.3 Å². The van der Waals surface area contributed by atoms with Gasteiger partial charge in [-0.1, -0.05) is 76.5 Å². The fraction of sp³-hybridized carbons (Fsp3) is 0.632. The number of rotatable bonds is 13. The molecule has 0 saturated heterocycles. The Kier molecular flexibility index (Phi) is 11.6. The Morgan fingerprint density at radius 2 is 1.54 bits per heavy atom. The van der Waals surface area contributed by atoms with Crippen LogP contribution in [-0.2, 0) is 4.74 Å². The second-order valence-corrected chi connectivity index (χ2v) is 5.87.